The van der Waals surface area contributed by atoms with Gasteiger partial charge in [0.2, 0.25) is 5.91 Å². The van der Waals surface area contributed by atoms with Gasteiger partial charge in [0.25, 0.3) is 0 Å². The van der Waals surface area contributed by atoms with Crippen LogP contribution in [0.4, 0.5) is 0 Å². The van der Waals surface area contributed by atoms with Crippen LogP contribution in [0.25, 0.3) is 0 Å². The molecular weight excluding hydrogens is 723 g/mol. The molecule has 0 saturated carbocycles. The van der Waals surface area contributed by atoms with Crippen LogP contribution in [0.2, 0.25) is 0 Å². The van der Waals surface area contributed by atoms with Crippen LogP contribution in [-0.4, -0.2) is 98.7 Å². The summed E-state index contributed by atoms with van der Waals surface area (Å²) < 4.78 is 11.1. The Bertz CT molecular complexity index is 1010. The van der Waals surface area contributed by atoms with E-state index in [2.05, 4.69) is 43.5 Å². The quantitative estimate of drug-likeness (QED) is 0.0239. The summed E-state index contributed by atoms with van der Waals surface area (Å²) in [4.78, 5) is 13.0. The Balaban J connectivity index is 2.37. The van der Waals surface area contributed by atoms with Crippen molar-refractivity contribution in [2.24, 2.45) is 0 Å². The van der Waals surface area contributed by atoms with Gasteiger partial charge in [-0.25, -0.2) is 0 Å². The number of aliphatic hydroxyl groups excluding tert-OH is 6. The van der Waals surface area contributed by atoms with E-state index in [9.17, 15) is 35.4 Å². The highest BCUT2D eigenvalue weighted by atomic mass is 16.7. The van der Waals surface area contributed by atoms with Gasteiger partial charge in [-0.15, -0.1) is 0 Å². The van der Waals surface area contributed by atoms with Gasteiger partial charge in [-0.2, -0.15) is 0 Å². The Hall–Kier alpha value is -1.63. The molecular formula is C47H87NO9. The molecule has 0 radical (unpaired) electrons. The lowest BCUT2D eigenvalue weighted by molar-refractivity contribution is -0.302. The Morgan fingerprint density at radius 1 is 0.596 bits per heavy atom. The second-order valence-electron chi connectivity index (χ2n) is 16.3. The molecule has 1 aliphatic heterocycles. The Morgan fingerprint density at radius 2 is 1.04 bits per heavy atom. The number of hydrogen-bond donors (Lipinski definition) is 7. The molecule has 1 fully saturated rings. The summed E-state index contributed by atoms with van der Waals surface area (Å²) >= 11 is 0. The van der Waals surface area contributed by atoms with Gasteiger partial charge in [0.05, 0.1) is 25.4 Å². The zero-order chi connectivity index (χ0) is 41.8. The molecule has 1 aliphatic rings. The third-order valence-corrected chi connectivity index (χ3v) is 11.1. The van der Waals surface area contributed by atoms with E-state index in [0.29, 0.717) is 19.3 Å². The summed E-state index contributed by atoms with van der Waals surface area (Å²) in [6.45, 7) is 3.53. The summed E-state index contributed by atoms with van der Waals surface area (Å²) in [6, 6.07) is -0.999. The molecule has 0 aliphatic carbocycles. The number of hydrogen-bond acceptors (Lipinski definition) is 9. The van der Waals surface area contributed by atoms with E-state index >= 15 is 0 Å². The average Bonchev–Trinajstić information content (AvgIpc) is 3.21. The third kappa shape index (κ3) is 27.7. The molecule has 8 unspecified atom stereocenters. The fraction of sp³-hybridized carbons (Fsp3) is 0.851. The first-order valence-corrected chi connectivity index (χ1v) is 23.3. The standard InChI is InChI=1S/C47H87NO9/c1-3-5-7-9-11-13-15-17-18-19-20-21-22-23-24-26-28-30-32-34-36-41(51)46(55)48-39(38-56-47-45(54)44(53)43(52)42(37-49)57-47)40(50)35-33-31-29-27-25-16-14-12-10-8-6-4-2/h10,12,25,27,33,35,39-45,47,49-54H,3-9,11,13-24,26,28-32,34,36-38H2,1-2H3,(H,48,55)/b12-10+,27-25+,35-33+. The molecule has 0 bridgehead atoms. The molecule has 7 N–H and O–H groups in total. The van der Waals surface area contributed by atoms with Crippen LogP contribution in [0.5, 0.6) is 0 Å². The van der Waals surface area contributed by atoms with Crippen molar-refractivity contribution in [3.63, 3.8) is 0 Å². The first-order chi connectivity index (χ1) is 27.8. The van der Waals surface area contributed by atoms with Crippen LogP contribution in [0.3, 0.4) is 0 Å². The predicted octanol–water partition coefficient (Wildman–Crippen LogP) is 8.64. The summed E-state index contributed by atoms with van der Waals surface area (Å²) in [5.41, 5.74) is 0. The maximum Gasteiger partial charge on any atom is 0.249 e. The first kappa shape index (κ1) is 53.4. The van der Waals surface area contributed by atoms with Crippen molar-refractivity contribution in [2.75, 3.05) is 13.2 Å². The van der Waals surface area contributed by atoms with Crippen LogP contribution < -0.4 is 5.32 Å². The van der Waals surface area contributed by atoms with E-state index < -0.39 is 61.5 Å². The molecule has 0 aromatic heterocycles. The SMILES string of the molecule is CCCC/C=C/CC/C=C/CC/C=C/C(O)C(COC1OC(CO)C(O)C(O)C1O)NC(=O)C(O)CCCCCCCCCCCCCCCCCCCCCC. The lowest BCUT2D eigenvalue weighted by Gasteiger charge is -2.40. The van der Waals surface area contributed by atoms with Gasteiger partial charge >= 0.3 is 0 Å². The maximum absolute atomic E-state index is 13.0. The summed E-state index contributed by atoms with van der Waals surface area (Å²) in [7, 11) is 0. The number of amides is 1. The number of unbranched alkanes of at least 4 members (excludes halogenated alkanes) is 23. The van der Waals surface area contributed by atoms with Gasteiger partial charge in [0.15, 0.2) is 6.29 Å². The predicted molar refractivity (Wildman–Crippen MR) is 232 cm³/mol. The number of allylic oxidation sites excluding steroid dienone is 5. The summed E-state index contributed by atoms with van der Waals surface area (Å²) in [5, 5.41) is 64.5. The van der Waals surface area contributed by atoms with Crippen molar-refractivity contribution >= 4 is 5.91 Å². The van der Waals surface area contributed by atoms with Gasteiger partial charge < -0.3 is 45.4 Å². The van der Waals surface area contributed by atoms with Crippen LogP contribution in [0, 0.1) is 0 Å². The van der Waals surface area contributed by atoms with Gasteiger partial charge in [-0.05, 0) is 38.5 Å². The van der Waals surface area contributed by atoms with Gasteiger partial charge in [0.1, 0.15) is 30.5 Å². The highest BCUT2D eigenvalue weighted by Gasteiger charge is 2.44. The molecule has 57 heavy (non-hydrogen) atoms. The molecule has 8 atom stereocenters. The van der Waals surface area contributed by atoms with Crippen molar-refractivity contribution in [1.29, 1.82) is 0 Å². The van der Waals surface area contributed by atoms with Crippen LogP contribution in [-0.2, 0) is 14.3 Å². The summed E-state index contributed by atoms with van der Waals surface area (Å²) in [6.07, 6.45) is 35.3. The molecule has 1 rings (SSSR count). The van der Waals surface area contributed by atoms with E-state index in [1.165, 1.54) is 116 Å². The number of carbonyl (C=O) groups excluding carboxylic acids is 1. The molecule has 1 saturated heterocycles. The zero-order valence-corrected chi connectivity index (χ0v) is 36.2. The molecule has 1 heterocycles. The molecule has 0 aromatic rings. The average molecular weight is 810 g/mol. The smallest absolute Gasteiger partial charge is 0.249 e. The topological polar surface area (TPSA) is 169 Å². The Kier molecular flexibility index (Phi) is 35.0. The van der Waals surface area contributed by atoms with Crippen LogP contribution in [0.15, 0.2) is 36.5 Å². The third-order valence-electron chi connectivity index (χ3n) is 11.1. The second-order valence-corrected chi connectivity index (χ2v) is 16.3. The van der Waals surface area contributed by atoms with Gasteiger partial charge in [0, 0.05) is 0 Å². The summed E-state index contributed by atoms with van der Waals surface area (Å²) in [5.74, 6) is -0.630. The minimum atomic E-state index is -1.62. The van der Waals surface area contributed by atoms with Gasteiger partial charge in [-0.1, -0.05) is 192 Å². The number of ether oxygens (including phenoxy) is 2. The normalized spacial score (nSPS) is 21.9. The van der Waals surface area contributed by atoms with E-state index in [0.717, 1.165) is 44.9 Å². The Labute approximate surface area is 347 Å². The molecule has 0 aromatic carbocycles. The molecule has 10 heteroatoms. The van der Waals surface area contributed by atoms with Crippen molar-refractivity contribution in [3.8, 4) is 0 Å². The number of nitrogens with one attached hydrogen (secondary N) is 1. The van der Waals surface area contributed by atoms with E-state index in [1.54, 1.807) is 6.08 Å². The highest BCUT2D eigenvalue weighted by Crippen LogP contribution is 2.23. The van der Waals surface area contributed by atoms with Crippen molar-refractivity contribution in [2.45, 2.75) is 243 Å². The minimum Gasteiger partial charge on any atom is -0.394 e. The van der Waals surface area contributed by atoms with Gasteiger partial charge in [-0.3, -0.25) is 4.79 Å². The first-order valence-electron chi connectivity index (χ1n) is 23.3. The van der Waals surface area contributed by atoms with Crippen molar-refractivity contribution in [3.05, 3.63) is 36.5 Å². The molecule has 334 valence electrons. The lowest BCUT2D eigenvalue weighted by Crippen LogP contribution is -2.60. The van der Waals surface area contributed by atoms with Crippen molar-refractivity contribution in [1.82, 2.24) is 5.32 Å². The minimum absolute atomic E-state index is 0.303. The second kappa shape index (κ2) is 37.4. The number of aliphatic hydroxyl groups is 6. The monoisotopic (exact) mass is 810 g/mol. The fourth-order valence-corrected chi connectivity index (χ4v) is 7.18. The molecule has 1 amide bonds. The molecule has 0 spiro atoms. The van der Waals surface area contributed by atoms with E-state index in [4.69, 9.17) is 9.47 Å². The fourth-order valence-electron chi connectivity index (χ4n) is 7.18. The highest BCUT2D eigenvalue weighted by molar-refractivity contribution is 5.80. The molecule has 10 nitrogen and oxygen atoms in total. The van der Waals surface area contributed by atoms with Crippen LogP contribution in [0.1, 0.15) is 194 Å². The van der Waals surface area contributed by atoms with Crippen molar-refractivity contribution < 1.29 is 44.9 Å². The number of rotatable bonds is 38. The number of carbonyl (C=O) groups is 1. The lowest BCUT2D eigenvalue weighted by atomic mass is 9.99. The zero-order valence-electron chi connectivity index (χ0n) is 36.2. The largest absolute Gasteiger partial charge is 0.394 e. The van der Waals surface area contributed by atoms with E-state index in [1.807, 2.05) is 6.08 Å². The Morgan fingerprint density at radius 3 is 1.51 bits per heavy atom. The maximum atomic E-state index is 13.0. The van der Waals surface area contributed by atoms with Crippen LogP contribution >= 0.6 is 0 Å². The van der Waals surface area contributed by atoms with E-state index in [-0.39, 0.29) is 6.61 Å².